The highest BCUT2D eigenvalue weighted by molar-refractivity contribution is 5.97. The van der Waals surface area contributed by atoms with E-state index in [4.69, 9.17) is 13.9 Å². The minimum absolute atomic E-state index is 0.124. The lowest BCUT2D eigenvalue weighted by molar-refractivity contribution is -0.138. The summed E-state index contributed by atoms with van der Waals surface area (Å²) in [5.74, 6) is 0.0298. The number of aryl methyl sites for hydroxylation is 1. The number of carbonyl (C=O) groups is 2. The molecule has 0 saturated carbocycles. The van der Waals surface area contributed by atoms with Gasteiger partial charge in [0, 0.05) is 24.0 Å². The number of nitrogens with zero attached hydrogens (tertiary/aromatic N) is 1. The molecule has 1 aromatic carbocycles. The monoisotopic (exact) mass is 331 g/mol. The number of benzene rings is 1. The summed E-state index contributed by atoms with van der Waals surface area (Å²) in [5.41, 5.74) is 1.26. The molecule has 6 heteroatoms. The summed E-state index contributed by atoms with van der Waals surface area (Å²) in [4.78, 5) is 26.4. The van der Waals surface area contributed by atoms with E-state index in [0.29, 0.717) is 16.9 Å². The lowest BCUT2D eigenvalue weighted by atomic mass is 10.1. The molecule has 24 heavy (non-hydrogen) atoms. The number of rotatable bonds is 4. The average Bonchev–Trinajstić information content (AvgIpc) is 3.22. The first kappa shape index (κ1) is 16.4. The first-order valence-electron chi connectivity index (χ1n) is 8.08. The molecule has 1 aliphatic rings. The summed E-state index contributed by atoms with van der Waals surface area (Å²) < 4.78 is 16.1. The normalized spacial score (nSPS) is 15.5. The Morgan fingerprint density at radius 2 is 1.96 bits per heavy atom. The molecule has 1 saturated heterocycles. The van der Waals surface area contributed by atoms with Gasteiger partial charge in [0.05, 0.1) is 7.11 Å². The highest BCUT2D eigenvalue weighted by Crippen LogP contribution is 2.29. The summed E-state index contributed by atoms with van der Waals surface area (Å²) in [5, 5.41) is 0.792. The molecule has 0 spiro atoms. The van der Waals surface area contributed by atoms with E-state index in [-0.39, 0.29) is 11.7 Å². The predicted octanol–water partition coefficient (Wildman–Crippen LogP) is 2.92. The van der Waals surface area contributed by atoms with Gasteiger partial charge in [-0.15, -0.1) is 0 Å². The third-order valence-corrected chi connectivity index (χ3v) is 4.38. The average molecular weight is 331 g/mol. The summed E-state index contributed by atoms with van der Waals surface area (Å²) >= 11 is 0. The number of likely N-dealkylation sites (tertiary alicyclic amines) is 1. The largest absolute Gasteiger partial charge is 0.497 e. The fourth-order valence-corrected chi connectivity index (χ4v) is 2.98. The van der Waals surface area contributed by atoms with Gasteiger partial charge in [-0.05, 0) is 44.9 Å². The van der Waals surface area contributed by atoms with Crippen molar-refractivity contribution in [2.24, 2.45) is 0 Å². The Balaban J connectivity index is 1.78. The minimum atomic E-state index is -0.822. The molecule has 1 aromatic heterocycles. The van der Waals surface area contributed by atoms with E-state index in [1.807, 2.05) is 6.07 Å². The summed E-state index contributed by atoms with van der Waals surface area (Å²) in [6.07, 6.45) is 1.17. The van der Waals surface area contributed by atoms with E-state index >= 15 is 0 Å². The Kier molecular flexibility index (Phi) is 4.46. The van der Waals surface area contributed by atoms with Crippen molar-refractivity contribution >= 4 is 22.8 Å². The van der Waals surface area contributed by atoms with Crippen LogP contribution >= 0.6 is 0 Å². The molecule has 1 atom stereocenters. The van der Waals surface area contributed by atoms with Crippen LogP contribution < -0.4 is 4.74 Å². The number of amides is 1. The Labute approximate surface area is 140 Å². The SMILES string of the molecule is COc1ccc2oc(C(=O)O[C@@H](C)C(=O)N3CCCC3)c(C)c2c1. The molecule has 0 bridgehead atoms. The number of furan rings is 1. The number of hydrogen-bond donors (Lipinski definition) is 0. The number of hydrogen-bond acceptors (Lipinski definition) is 5. The summed E-state index contributed by atoms with van der Waals surface area (Å²) in [7, 11) is 1.58. The van der Waals surface area contributed by atoms with Crippen LogP contribution in [-0.2, 0) is 9.53 Å². The van der Waals surface area contributed by atoms with Crippen LogP contribution in [0.5, 0.6) is 5.75 Å². The van der Waals surface area contributed by atoms with E-state index in [2.05, 4.69) is 0 Å². The van der Waals surface area contributed by atoms with Crippen LogP contribution in [0.15, 0.2) is 22.6 Å². The van der Waals surface area contributed by atoms with Crippen LogP contribution in [0.2, 0.25) is 0 Å². The first-order chi connectivity index (χ1) is 11.5. The standard InChI is InChI=1S/C18H21NO5/c1-11-14-10-13(22-3)6-7-15(14)24-16(11)18(21)23-12(2)17(20)19-8-4-5-9-19/h6-7,10,12H,4-5,8-9H2,1-3H3/t12-/m0/s1. The number of methoxy groups -OCH3 is 1. The molecule has 0 aliphatic carbocycles. The Morgan fingerprint density at radius 1 is 1.25 bits per heavy atom. The van der Waals surface area contributed by atoms with Gasteiger partial charge in [0.2, 0.25) is 5.76 Å². The Bertz CT molecular complexity index is 773. The zero-order valence-corrected chi connectivity index (χ0v) is 14.1. The van der Waals surface area contributed by atoms with Crippen molar-refractivity contribution in [2.45, 2.75) is 32.8 Å². The van der Waals surface area contributed by atoms with Crippen LogP contribution in [-0.4, -0.2) is 43.1 Å². The van der Waals surface area contributed by atoms with Crippen LogP contribution in [0.25, 0.3) is 11.0 Å². The molecule has 0 unspecified atom stereocenters. The van der Waals surface area contributed by atoms with Gasteiger partial charge >= 0.3 is 5.97 Å². The van der Waals surface area contributed by atoms with Crippen LogP contribution in [0.3, 0.4) is 0 Å². The third kappa shape index (κ3) is 2.96. The van der Waals surface area contributed by atoms with Gasteiger partial charge in [-0.2, -0.15) is 0 Å². The molecule has 2 aromatic rings. The molecular formula is C18H21NO5. The molecule has 2 heterocycles. The van der Waals surface area contributed by atoms with Gasteiger partial charge in [-0.25, -0.2) is 4.79 Å². The molecule has 1 aliphatic heterocycles. The Morgan fingerprint density at radius 3 is 2.62 bits per heavy atom. The summed E-state index contributed by atoms with van der Waals surface area (Å²) in [6, 6.07) is 5.32. The van der Waals surface area contributed by atoms with Crippen molar-refractivity contribution in [3.8, 4) is 5.75 Å². The second-order valence-electron chi connectivity index (χ2n) is 6.00. The summed E-state index contributed by atoms with van der Waals surface area (Å²) in [6.45, 7) is 4.84. The van der Waals surface area contributed by atoms with Gasteiger partial charge in [-0.1, -0.05) is 0 Å². The smallest absolute Gasteiger partial charge is 0.375 e. The topological polar surface area (TPSA) is 69.0 Å². The number of carbonyl (C=O) groups excluding carboxylic acids is 2. The second-order valence-corrected chi connectivity index (χ2v) is 6.00. The van der Waals surface area contributed by atoms with E-state index < -0.39 is 12.1 Å². The fourth-order valence-electron chi connectivity index (χ4n) is 2.98. The lowest BCUT2D eigenvalue weighted by Gasteiger charge is -2.20. The van der Waals surface area contributed by atoms with Crippen molar-refractivity contribution in [1.82, 2.24) is 4.90 Å². The van der Waals surface area contributed by atoms with Gasteiger partial charge in [0.25, 0.3) is 5.91 Å². The lowest BCUT2D eigenvalue weighted by Crippen LogP contribution is -2.38. The van der Waals surface area contributed by atoms with Crippen LogP contribution in [0, 0.1) is 6.92 Å². The molecule has 6 nitrogen and oxygen atoms in total. The first-order valence-corrected chi connectivity index (χ1v) is 8.08. The van der Waals surface area contributed by atoms with Gasteiger partial charge in [-0.3, -0.25) is 4.79 Å². The van der Waals surface area contributed by atoms with E-state index in [1.54, 1.807) is 38.0 Å². The van der Waals surface area contributed by atoms with E-state index in [9.17, 15) is 9.59 Å². The number of fused-ring (bicyclic) bond motifs is 1. The molecular weight excluding hydrogens is 310 g/mol. The van der Waals surface area contributed by atoms with E-state index in [1.165, 1.54) is 0 Å². The van der Waals surface area contributed by atoms with Crippen molar-refractivity contribution in [2.75, 3.05) is 20.2 Å². The van der Waals surface area contributed by atoms with Crippen LogP contribution in [0.4, 0.5) is 0 Å². The van der Waals surface area contributed by atoms with Crippen molar-refractivity contribution in [3.05, 3.63) is 29.5 Å². The van der Waals surface area contributed by atoms with Gasteiger partial charge in [0.1, 0.15) is 11.3 Å². The maximum atomic E-state index is 12.4. The zero-order chi connectivity index (χ0) is 17.3. The van der Waals surface area contributed by atoms with E-state index in [0.717, 1.165) is 31.3 Å². The Hall–Kier alpha value is -2.50. The molecule has 0 N–H and O–H groups in total. The maximum absolute atomic E-state index is 12.4. The van der Waals surface area contributed by atoms with Crippen LogP contribution in [0.1, 0.15) is 35.9 Å². The minimum Gasteiger partial charge on any atom is -0.497 e. The van der Waals surface area contributed by atoms with Crippen molar-refractivity contribution in [1.29, 1.82) is 0 Å². The highest BCUT2D eigenvalue weighted by atomic mass is 16.6. The molecule has 3 rings (SSSR count). The molecule has 128 valence electrons. The van der Waals surface area contributed by atoms with Crippen molar-refractivity contribution in [3.63, 3.8) is 0 Å². The quantitative estimate of drug-likeness (QED) is 0.806. The number of esters is 1. The highest BCUT2D eigenvalue weighted by Gasteiger charge is 2.28. The van der Waals surface area contributed by atoms with Crippen molar-refractivity contribution < 1.29 is 23.5 Å². The zero-order valence-electron chi connectivity index (χ0n) is 14.1. The van der Waals surface area contributed by atoms with Gasteiger partial charge < -0.3 is 18.8 Å². The van der Waals surface area contributed by atoms with Gasteiger partial charge in [0.15, 0.2) is 6.10 Å². The molecule has 0 radical (unpaired) electrons. The fraction of sp³-hybridized carbons (Fsp3) is 0.444. The molecule has 1 amide bonds. The maximum Gasteiger partial charge on any atom is 0.375 e. The number of ether oxygens (including phenoxy) is 2. The molecule has 1 fully saturated rings. The third-order valence-electron chi connectivity index (χ3n) is 4.38. The predicted molar refractivity (Wildman–Crippen MR) is 88.2 cm³/mol. The second kappa shape index (κ2) is 6.55.